The fraction of sp³-hybridized carbons (Fsp3) is 0.625. The summed E-state index contributed by atoms with van der Waals surface area (Å²) in [5.41, 5.74) is 3.15. The molecule has 0 radical (unpaired) electrons. The quantitative estimate of drug-likeness (QED) is 0.871. The van der Waals surface area contributed by atoms with E-state index in [0.29, 0.717) is 11.8 Å². The number of hydrogen-bond acceptors (Lipinski definition) is 4. The van der Waals surface area contributed by atoms with Gasteiger partial charge in [-0.1, -0.05) is 12.1 Å². The Kier molecular flexibility index (Phi) is 5.02. The molecular formula is C16H27N3O. The molecule has 1 saturated heterocycles. The average molecular weight is 277 g/mol. The van der Waals surface area contributed by atoms with Crippen molar-refractivity contribution in [2.45, 2.75) is 26.4 Å². The number of nitrogens with one attached hydrogen (secondary N) is 1. The molecule has 0 saturated carbocycles. The second-order valence-corrected chi connectivity index (χ2v) is 6.11. The first-order chi connectivity index (χ1) is 9.47. The summed E-state index contributed by atoms with van der Waals surface area (Å²) in [4.78, 5) is 4.82. The van der Waals surface area contributed by atoms with Crippen molar-refractivity contribution in [2.75, 3.05) is 40.3 Å². The van der Waals surface area contributed by atoms with Crippen LogP contribution >= 0.6 is 0 Å². The maximum Gasteiger partial charge on any atom is 0.121 e. The minimum Gasteiger partial charge on any atom is -0.507 e. The number of aryl methyl sites for hydroxylation is 2. The van der Waals surface area contributed by atoms with Crippen LogP contribution < -0.4 is 5.32 Å². The van der Waals surface area contributed by atoms with E-state index >= 15 is 0 Å². The molecule has 1 aliphatic heterocycles. The first-order valence-corrected chi connectivity index (χ1v) is 7.36. The Bertz CT molecular complexity index is 438. The van der Waals surface area contributed by atoms with Crippen LogP contribution in [0.1, 0.15) is 16.7 Å². The summed E-state index contributed by atoms with van der Waals surface area (Å²) >= 11 is 0. The van der Waals surface area contributed by atoms with E-state index in [0.717, 1.165) is 43.9 Å². The van der Waals surface area contributed by atoms with E-state index in [1.807, 2.05) is 13.8 Å². The first kappa shape index (κ1) is 15.3. The molecule has 1 unspecified atom stereocenters. The number of rotatable bonds is 4. The van der Waals surface area contributed by atoms with Crippen molar-refractivity contribution in [1.29, 1.82) is 0 Å². The third-order valence-corrected chi connectivity index (χ3v) is 4.24. The molecular weight excluding hydrogens is 250 g/mol. The van der Waals surface area contributed by atoms with Gasteiger partial charge in [-0.15, -0.1) is 0 Å². The maximum absolute atomic E-state index is 9.79. The molecule has 2 N–H and O–H groups in total. The number of phenols is 1. The van der Waals surface area contributed by atoms with Gasteiger partial charge in [0.1, 0.15) is 5.75 Å². The van der Waals surface area contributed by atoms with Crippen molar-refractivity contribution in [3.63, 3.8) is 0 Å². The van der Waals surface area contributed by atoms with Crippen LogP contribution in [-0.2, 0) is 6.54 Å². The van der Waals surface area contributed by atoms with E-state index < -0.39 is 0 Å². The lowest BCUT2D eigenvalue weighted by Crippen LogP contribution is -2.53. The van der Waals surface area contributed by atoms with Gasteiger partial charge in [-0.2, -0.15) is 0 Å². The molecule has 0 amide bonds. The molecule has 0 aliphatic carbocycles. The Balaban J connectivity index is 1.86. The third-order valence-electron chi connectivity index (χ3n) is 4.24. The van der Waals surface area contributed by atoms with Gasteiger partial charge in [0.25, 0.3) is 0 Å². The van der Waals surface area contributed by atoms with Crippen LogP contribution in [0.25, 0.3) is 0 Å². The van der Waals surface area contributed by atoms with Crippen LogP contribution in [0.4, 0.5) is 0 Å². The van der Waals surface area contributed by atoms with Crippen LogP contribution in [0.3, 0.4) is 0 Å². The highest BCUT2D eigenvalue weighted by molar-refractivity contribution is 5.42. The Hall–Kier alpha value is -1.10. The normalized spacial score (nSPS) is 21.3. The van der Waals surface area contributed by atoms with Crippen molar-refractivity contribution in [3.8, 4) is 5.75 Å². The zero-order valence-corrected chi connectivity index (χ0v) is 13.1. The lowest BCUT2D eigenvalue weighted by Gasteiger charge is -2.37. The van der Waals surface area contributed by atoms with E-state index in [1.165, 1.54) is 5.56 Å². The molecule has 1 aromatic carbocycles. The summed E-state index contributed by atoms with van der Waals surface area (Å²) in [7, 11) is 4.39. The highest BCUT2D eigenvalue weighted by Gasteiger charge is 2.21. The SMILES string of the molecule is Cc1cc(CNCC2CN(C)CCN2C)cc(C)c1O. The molecule has 1 fully saturated rings. The number of piperazine rings is 1. The van der Waals surface area contributed by atoms with Crippen LogP contribution in [0.5, 0.6) is 5.75 Å². The van der Waals surface area contributed by atoms with E-state index in [2.05, 4.69) is 41.3 Å². The summed E-state index contributed by atoms with van der Waals surface area (Å²) in [6.07, 6.45) is 0. The Labute approximate surface area is 122 Å². The Morgan fingerprint density at radius 1 is 1.20 bits per heavy atom. The Morgan fingerprint density at radius 2 is 1.85 bits per heavy atom. The molecule has 0 spiro atoms. The third kappa shape index (κ3) is 3.72. The summed E-state index contributed by atoms with van der Waals surface area (Å²) in [6.45, 7) is 9.18. The fourth-order valence-corrected chi connectivity index (χ4v) is 2.85. The van der Waals surface area contributed by atoms with E-state index in [1.54, 1.807) is 0 Å². The van der Waals surface area contributed by atoms with Crippen LogP contribution in [0, 0.1) is 13.8 Å². The lowest BCUT2D eigenvalue weighted by atomic mass is 10.1. The standard InChI is InChI=1S/C16H27N3O/c1-12-7-14(8-13(2)16(12)20)9-17-10-15-11-18(3)5-6-19(15)4/h7-8,15,17,20H,5-6,9-11H2,1-4H3. The minimum atomic E-state index is 0.419. The molecule has 2 rings (SSSR count). The molecule has 4 heteroatoms. The van der Waals surface area contributed by atoms with Crippen molar-refractivity contribution in [1.82, 2.24) is 15.1 Å². The lowest BCUT2D eigenvalue weighted by molar-refractivity contribution is 0.113. The molecule has 1 aliphatic rings. The summed E-state index contributed by atoms with van der Waals surface area (Å²) in [6, 6.07) is 4.70. The Morgan fingerprint density at radius 3 is 2.50 bits per heavy atom. The molecule has 1 aromatic rings. The average Bonchev–Trinajstić information content (AvgIpc) is 2.40. The molecule has 0 aromatic heterocycles. The van der Waals surface area contributed by atoms with E-state index in [-0.39, 0.29) is 0 Å². The number of aromatic hydroxyl groups is 1. The van der Waals surface area contributed by atoms with Crippen molar-refractivity contribution >= 4 is 0 Å². The molecule has 0 bridgehead atoms. The van der Waals surface area contributed by atoms with Crippen molar-refractivity contribution in [3.05, 3.63) is 28.8 Å². The zero-order valence-electron chi connectivity index (χ0n) is 13.1. The monoisotopic (exact) mass is 277 g/mol. The predicted molar refractivity (Wildman–Crippen MR) is 83.2 cm³/mol. The number of phenolic OH excluding ortho intramolecular Hbond substituents is 1. The maximum atomic E-state index is 9.79. The molecule has 20 heavy (non-hydrogen) atoms. The highest BCUT2D eigenvalue weighted by Crippen LogP contribution is 2.22. The summed E-state index contributed by atoms with van der Waals surface area (Å²) < 4.78 is 0. The second kappa shape index (κ2) is 6.57. The predicted octanol–water partition coefficient (Wildman–Crippen LogP) is 1.34. The van der Waals surface area contributed by atoms with Gasteiger partial charge >= 0.3 is 0 Å². The molecule has 1 heterocycles. The largest absolute Gasteiger partial charge is 0.507 e. The van der Waals surface area contributed by atoms with Crippen LogP contribution in [-0.4, -0.2) is 61.2 Å². The molecule has 4 nitrogen and oxygen atoms in total. The van der Waals surface area contributed by atoms with Gasteiger partial charge in [0.15, 0.2) is 0 Å². The number of nitrogens with zero attached hydrogens (tertiary/aromatic N) is 2. The van der Waals surface area contributed by atoms with E-state index in [4.69, 9.17) is 0 Å². The highest BCUT2D eigenvalue weighted by atomic mass is 16.3. The van der Waals surface area contributed by atoms with Gasteiger partial charge in [-0.25, -0.2) is 0 Å². The van der Waals surface area contributed by atoms with Crippen molar-refractivity contribution < 1.29 is 5.11 Å². The van der Waals surface area contributed by atoms with Gasteiger partial charge in [0.05, 0.1) is 0 Å². The van der Waals surface area contributed by atoms with Gasteiger partial charge in [0, 0.05) is 38.8 Å². The van der Waals surface area contributed by atoms with Crippen LogP contribution in [0.2, 0.25) is 0 Å². The molecule has 112 valence electrons. The van der Waals surface area contributed by atoms with Crippen molar-refractivity contribution in [2.24, 2.45) is 0 Å². The smallest absolute Gasteiger partial charge is 0.121 e. The van der Waals surface area contributed by atoms with Crippen LogP contribution in [0.15, 0.2) is 12.1 Å². The topological polar surface area (TPSA) is 38.7 Å². The van der Waals surface area contributed by atoms with E-state index in [9.17, 15) is 5.11 Å². The first-order valence-electron chi connectivity index (χ1n) is 7.36. The number of likely N-dealkylation sites (N-methyl/N-ethyl adjacent to an activating group) is 2. The van der Waals surface area contributed by atoms with Gasteiger partial charge in [0.2, 0.25) is 0 Å². The fourth-order valence-electron chi connectivity index (χ4n) is 2.85. The number of benzene rings is 1. The second-order valence-electron chi connectivity index (χ2n) is 6.11. The number of hydrogen-bond donors (Lipinski definition) is 2. The van der Waals surface area contributed by atoms with Gasteiger partial charge in [-0.05, 0) is 44.6 Å². The molecule has 1 atom stereocenters. The van der Waals surface area contributed by atoms with Gasteiger partial charge < -0.3 is 15.3 Å². The zero-order chi connectivity index (χ0) is 14.7. The van der Waals surface area contributed by atoms with Gasteiger partial charge in [-0.3, -0.25) is 4.90 Å². The summed E-state index contributed by atoms with van der Waals surface area (Å²) in [5.74, 6) is 0.419. The minimum absolute atomic E-state index is 0.419. The summed E-state index contributed by atoms with van der Waals surface area (Å²) in [5, 5.41) is 13.3.